The van der Waals surface area contributed by atoms with E-state index >= 15 is 0 Å². The number of carbonyl (C=O) groups excluding carboxylic acids is 3. The number of thioether (sulfide) groups is 1. The number of imide groups is 1. The highest BCUT2D eigenvalue weighted by Gasteiger charge is 2.36. The molecule has 0 aromatic heterocycles. The van der Waals surface area contributed by atoms with Crippen LogP contribution in [0.15, 0.2) is 50.2 Å². The van der Waals surface area contributed by atoms with E-state index in [2.05, 4.69) is 36.6 Å². The summed E-state index contributed by atoms with van der Waals surface area (Å²) in [6.45, 7) is -0.0660. The summed E-state index contributed by atoms with van der Waals surface area (Å²) in [5.74, 6) is -0.599. The quantitative estimate of drug-likeness (QED) is 0.327. The fraction of sp³-hybridized carbons (Fsp3) is 0.150. The standard InChI is InChI=1S/C20H14Br2ClNO5S/c1-28-17(25)9-24-19(26)16(30-20(24)27)8-12-6-14(21)18(15(22)7-12)29-10-11-2-4-13(23)5-3-11/h2-8H,9-10H2,1H3/b16-8+. The van der Waals surface area contributed by atoms with Gasteiger partial charge in [0.1, 0.15) is 18.9 Å². The van der Waals surface area contributed by atoms with Crippen molar-refractivity contribution in [3.63, 3.8) is 0 Å². The van der Waals surface area contributed by atoms with Gasteiger partial charge in [-0.05, 0) is 85.1 Å². The lowest BCUT2D eigenvalue weighted by Gasteiger charge is -2.12. The van der Waals surface area contributed by atoms with Crippen LogP contribution in [-0.2, 0) is 20.9 Å². The Morgan fingerprint density at radius 2 is 1.80 bits per heavy atom. The molecular weight excluding hydrogens is 562 g/mol. The number of ether oxygens (including phenoxy) is 2. The minimum atomic E-state index is -0.661. The van der Waals surface area contributed by atoms with Crippen LogP contribution in [0, 0.1) is 0 Å². The van der Waals surface area contributed by atoms with Crippen molar-refractivity contribution in [3.8, 4) is 5.75 Å². The molecule has 1 aliphatic rings. The number of halogens is 3. The smallest absolute Gasteiger partial charge is 0.325 e. The average molecular weight is 576 g/mol. The second kappa shape index (κ2) is 10.00. The predicted octanol–water partition coefficient (Wildman–Crippen LogP) is 5.65. The van der Waals surface area contributed by atoms with Crippen LogP contribution in [0.25, 0.3) is 6.08 Å². The summed E-state index contributed by atoms with van der Waals surface area (Å²) in [5, 5.41) is 0.138. The lowest BCUT2D eigenvalue weighted by molar-refractivity contribution is -0.143. The second-order valence-electron chi connectivity index (χ2n) is 6.07. The first-order valence-electron chi connectivity index (χ1n) is 8.47. The molecule has 10 heteroatoms. The number of rotatable bonds is 6. The van der Waals surface area contributed by atoms with E-state index in [1.807, 2.05) is 12.1 Å². The molecule has 3 rings (SSSR count). The van der Waals surface area contributed by atoms with Crippen molar-refractivity contribution < 1.29 is 23.9 Å². The van der Waals surface area contributed by atoms with Crippen LogP contribution in [-0.4, -0.2) is 35.7 Å². The van der Waals surface area contributed by atoms with Gasteiger partial charge in [-0.3, -0.25) is 19.3 Å². The summed E-state index contributed by atoms with van der Waals surface area (Å²) < 4.78 is 11.8. The molecule has 0 aliphatic carbocycles. The molecule has 156 valence electrons. The predicted molar refractivity (Wildman–Crippen MR) is 122 cm³/mol. The second-order valence-corrected chi connectivity index (χ2v) is 9.21. The molecule has 30 heavy (non-hydrogen) atoms. The number of methoxy groups -OCH3 is 1. The molecule has 0 bridgehead atoms. The number of hydrogen-bond acceptors (Lipinski definition) is 6. The van der Waals surface area contributed by atoms with Gasteiger partial charge in [0, 0.05) is 5.02 Å². The third-order valence-electron chi connectivity index (χ3n) is 4.00. The van der Waals surface area contributed by atoms with Crippen molar-refractivity contribution >= 4 is 78.4 Å². The van der Waals surface area contributed by atoms with E-state index in [0.29, 0.717) is 31.9 Å². The summed E-state index contributed by atoms with van der Waals surface area (Å²) in [7, 11) is 1.20. The highest BCUT2D eigenvalue weighted by molar-refractivity contribution is 9.11. The lowest BCUT2D eigenvalue weighted by Crippen LogP contribution is -2.34. The van der Waals surface area contributed by atoms with E-state index in [9.17, 15) is 14.4 Å². The van der Waals surface area contributed by atoms with Crippen molar-refractivity contribution in [2.75, 3.05) is 13.7 Å². The summed E-state index contributed by atoms with van der Waals surface area (Å²) in [5.41, 5.74) is 1.64. The van der Waals surface area contributed by atoms with E-state index in [-0.39, 0.29) is 4.91 Å². The molecule has 1 saturated heterocycles. The zero-order valence-corrected chi connectivity index (χ0v) is 20.2. The SMILES string of the molecule is COC(=O)CN1C(=O)S/C(=C/c2cc(Br)c(OCc3ccc(Cl)cc3)c(Br)c2)C1=O. The normalized spacial score (nSPS) is 15.1. The van der Waals surface area contributed by atoms with Gasteiger partial charge in [0.25, 0.3) is 11.1 Å². The molecule has 0 saturated carbocycles. The summed E-state index contributed by atoms with van der Waals surface area (Å²) >= 11 is 13.6. The third-order valence-corrected chi connectivity index (χ3v) is 6.34. The number of carbonyl (C=O) groups is 3. The Balaban J connectivity index is 1.76. The molecule has 0 radical (unpaired) electrons. The van der Waals surface area contributed by atoms with Gasteiger partial charge in [-0.2, -0.15) is 0 Å². The highest BCUT2D eigenvalue weighted by Crippen LogP contribution is 2.38. The Labute approximate surface area is 198 Å². The lowest BCUT2D eigenvalue weighted by atomic mass is 10.2. The zero-order valence-electron chi connectivity index (χ0n) is 15.5. The fourth-order valence-corrected chi connectivity index (χ4v) is 4.93. The third kappa shape index (κ3) is 5.46. The Hall–Kier alpha value is -1.81. The van der Waals surface area contributed by atoms with Gasteiger partial charge in [-0.15, -0.1) is 0 Å². The zero-order chi connectivity index (χ0) is 21.8. The van der Waals surface area contributed by atoms with Gasteiger partial charge in [0.15, 0.2) is 0 Å². The molecule has 1 heterocycles. The van der Waals surface area contributed by atoms with Gasteiger partial charge < -0.3 is 9.47 Å². The number of amides is 2. The molecule has 6 nitrogen and oxygen atoms in total. The number of benzene rings is 2. The molecule has 0 atom stereocenters. The first-order chi connectivity index (χ1) is 14.3. The molecule has 1 fully saturated rings. The Kier molecular flexibility index (Phi) is 7.62. The van der Waals surface area contributed by atoms with Gasteiger partial charge in [0.2, 0.25) is 0 Å². The van der Waals surface area contributed by atoms with Crippen LogP contribution >= 0.6 is 55.2 Å². The number of esters is 1. The Morgan fingerprint density at radius 1 is 1.17 bits per heavy atom. The maximum atomic E-state index is 12.4. The van der Waals surface area contributed by atoms with E-state index < -0.39 is 23.7 Å². The number of hydrogen-bond donors (Lipinski definition) is 0. The molecular formula is C20H14Br2ClNO5S. The van der Waals surface area contributed by atoms with Crippen LogP contribution in [0.2, 0.25) is 5.02 Å². The first kappa shape index (κ1) is 22.9. The highest BCUT2D eigenvalue weighted by atomic mass is 79.9. The summed E-state index contributed by atoms with van der Waals surface area (Å²) in [4.78, 5) is 37.0. The molecule has 1 aliphatic heterocycles. The molecule has 2 aromatic carbocycles. The van der Waals surface area contributed by atoms with Crippen molar-refractivity contribution in [2.24, 2.45) is 0 Å². The van der Waals surface area contributed by atoms with Gasteiger partial charge in [0.05, 0.1) is 21.0 Å². The summed E-state index contributed by atoms with van der Waals surface area (Å²) in [6, 6.07) is 10.9. The molecule has 0 N–H and O–H groups in total. The van der Waals surface area contributed by atoms with Gasteiger partial charge in [-0.1, -0.05) is 23.7 Å². The topological polar surface area (TPSA) is 72.9 Å². The molecule has 0 spiro atoms. The molecule has 2 aromatic rings. The van der Waals surface area contributed by atoms with Crippen molar-refractivity contribution in [1.29, 1.82) is 0 Å². The largest absolute Gasteiger partial charge is 0.487 e. The van der Waals surface area contributed by atoms with Gasteiger partial charge >= 0.3 is 5.97 Å². The van der Waals surface area contributed by atoms with E-state index in [0.717, 1.165) is 22.2 Å². The molecule has 0 unspecified atom stereocenters. The van der Waals surface area contributed by atoms with Crippen LogP contribution in [0.1, 0.15) is 11.1 Å². The van der Waals surface area contributed by atoms with E-state index in [1.54, 1.807) is 30.3 Å². The minimum Gasteiger partial charge on any atom is -0.487 e. The van der Waals surface area contributed by atoms with Gasteiger partial charge in [-0.25, -0.2) is 0 Å². The van der Waals surface area contributed by atoms with Crippen LogP contribution in [0.5, 0.6) is 5.75 Å². The van der Waals surface area contributed by atoms with Crippen molar-refractivity contribution in [2.45, 2.75) is 6.61 Å². The van der Waals surface area contributed by atoms with Crippen LogP contribution < -0.4 is 4.74 Å². The Morgan fingerprint density at radius 3 is 2.40 bits per heavy atom. The number of nitrogens with zero attached hydrogens (tertiary/aromatic N) is 1. The van der Waals surface area contributed by atoms with Crippen molar-refractivity contribution in [1.82, 2.24) is 4.90 Å². The van der Waals surface area contributed by atoms with E-state index in [4.69, 9.17) is 16.3 Å². The Bertz CT molecular complexity index is 1020. The van der Waals surface area contributed by atoms with Crippen LogP contribution in [0.4, 0.5) is 4.79 Å². The first-order valence-corrected chi connectivity index (χ1v) is 11.2. The van der Waals surface area contributed by atoms with Crippen molar-refractivity contribution in [3.05, 3.63) is 66.4 Å². The van der Waals surface area contributed by atoms with E-state index in [1.165, 1.54) is 7.11 Å². The minimum absolute atomic E-state index is 0.220. The molecule has 2 amide bonds. The van der Waals surface area contributed by atoms with Crippen LogP contribution in [0.3, 0.4) is 0 Å². The monoisotopic (exact) mass is 573 g/mol. The summed E-state index contributed by atoms with van der Waals surface area (Å²) in [6.07, 6.45) is 1.58. The average Bonchev–Trinajstić information content (AvgIpc) is 2.96. The maximum absolute atomic E-state index is 12.4. The fourth-order valence-electron chi connectivity index (χ4n) is 2.52. The maximum Gasteiger partial charge on any atom is 0.325 e.